The molecular weight excluding hydrogens is 248 g/mol. The van der Waals surface area contributed by atoms with Crippen molar-refractivity contribution in [3.8, 4) is 0 Å². The molecule has 0 bridgehead atoms. The Morgan fingerprint density at radius 1 is 1.44 bits per heavy atom. The number of aromatic amines is 1. The second-order valence-electron chi connectivity index (χ2n) is 3.85. The highest BCUT2D eigenvalue weighted by Gasteiger charge is 2.07. The summed E-state index contributed by atoms with van der Waals surface area (Å²) in [6.07, 6.45) is 2.43. The fraction of sp³-hybridized carbons (Fsp3) is 0.231. The Morgan fingerprint density at radius 3 is 3.00 bits per heavy atom. The zero-order valence-corrected chi connectivity index (χ0v) is 10.8. The van der Waals surface area contributed by atoms with E-state index in [-0.39, 0.29) is 11.5 Å². The van der Waals surface area contributed by atoms with E-state index in [0.29, 0.717) is 12.1 Å². The Labute approximate surface area is 109 Å². The summed E-state index contributed by atoms with van der Waals surface area (Å²) in [5.41, 5.74) is 1.37. The van der Waals surface area contributed by atoms with Gasteiger partial charge in [-0.05, 0) is 29.5 Å². The molecule has 4 nitrogen and oxygen atoms in total. The maximum atomic E-state index is 11.8. The smallest absolute Gasteiger partial charge is 0.251 e. The van der Waals surface area contributed by atoms with E-state index in [1.54, 1.807) is 17.4 Å². The van der Waals surface area contributed by atoms with Crippen LogP contribution in [0.15, 0.2) is 34.6 Å². The third kappa shape index (κ3) is 2.87. The zero-order chi connectivity index (χ0) is 13.0. The summed E-state index contributed by atoms with van der Waals surface area (Å²) in [5.74, 6) is -0.225. The number of rotatable bonds is 4. The molecule has 0 aliphatic heterocycles. The molecule has 2 N–H and O–H groups in total. The number of pyridine rings is 1. The van der Waals surface area contributed by atoms with E-state index in [1.165, 1.54) is 17.8 Å². The van der Waals surface area contributed by atoms with Gasteiger partial charge in [0.05, 0.1) is 6.54 Å². The summed E-state index contributed by atoms with van der Waals surface area (Å²) in [6.45, 7) is 2.59. The van der Waals surface area contributed by atoms with Crippen LogP contribution in [-0.4, -0.2) is 10.9 Å². The van der Waals surface area contributed by atoms with Gasteiger partial charge >= 0.3 is 0 Å². The lowest BCUT2D eigenvalue weighted by atomic mass is 10.2. The van der Waals surface area contributed by atoms with Crippen molar-refractivity contribution >= 4 is 17.2 Å². The van der Waals surface area contributed by atoms with E-state index in [4.69, 9.17) is 0 Å². The molecule has 2 aromatic rings. The maximum Gasteiger partial charge on any atom is 0.251 e. The quantitative estimate of drug-likeness (QED) is 0.884. The van der Waals surface area contributed by atoms with Crippen LogP contribution in [0.2, 0.25) is 0 Å². The van der Waals surface area contributed by atoms with Gasteiger partial charge in [-0.1, -0.05) is 6.92 Å². The number of H-pyrrole nitrogens is 1. The zero-order valence-electron chi connectivity index (χ0n) is 10.0. The minimum absolute atomic E-state index is 0.225. The molecule has 94 valence electrons. The fourth-order valence-electron chi connectivity index (χ4n) is 1.69. The number of thiophene rings is 1. The van der Waals surface area contributed by atoms with Crippen molar-refractivity contribution < 1.29 is 4.79 Å². The van der Waals surface area contributed by atoms with Crippen LogP contribution in [0.4, 0.5) is 0 Å². The minimum Gasteiger partial charge on any atom is -0.347 e. The molecule has 0 aromatic carbocycles. The summed E-state index contributed by atoms with van der Waals surface area (Å²) >= 11 is 1.63. The largest absolute Gasteiger partial charge is 0.347 e. The van der Waals surface area contributed by atoms with Crippen molar-refractivity contribution in [1.29, 1.82) is 0 Å². The molecule has 1 amide bonds. The average Bonchev–Trinajstić information content (AvgIpc) is 2.83. The number of carbonyl (C=O) groups excluding carboxylic acids is 1. The molecule has 0 spiro atoms. The van der Waals surface area contributed by atoms with Gasteiger partial charge in [-0.3, -0.25) is 9.59 Å². The third-order valence-corrected chi connectivity index (χ3v) is 3.63. The van der Waals surface area contributed by atoms with Gasteiger partial charge in [0.2, 0.25) is 5.56 Å². The van der Waals surface area contributed by atoms with Crippen LogP contribution in [0.25, 0.3) is 0 Å². The van der Waals surface area contributed by atoms with Crippen LogP contribution in [0.3, 0.4) is 0 Å². The van der Waals surface area contributed by atoms with Crippen LogP contribution < -0.4 is 10.9 Å². The van der Waals surface area contributed by atoms with Crippen molar-refractivity contribution in [2.45, 2.75) is 19.9 Å². The van der Waals surface area contributed by atoms with Gasteiger partial charge in [0.1, 0.15) is 0 Å². The molecule has 0 unspecified atom stereocenters. The highest BCUT2D eigenvalue weighted by atomic mass is 32.1. The van der Waals surface area contributed by atoms with Gasteiger partial charge in [0, 0.05) is 22.7 Å². The highest BCUT2D eigenvalue weighted by Crippen LogP contribution is 2.16. The molecule has 18 heavy (non-hydrogen) atoms. The van der Waals surface area contributed by atoms with E-state index < -0.39 is 0 Å². The maximum absolute atomic E-state index is 11.8. The van der Waals surface area contributed by atoms with Gasteiger partial charge in [0.15, 0.2) is 0 Å². The number of nitrogens with one attached hydrogen (secondary N) is 2. The molecule has 0 atom stereocenters. The monoisotopic (exact) mass is 262 g/mol. The fourth-order valence-corrected chi connectivity index (χ4v) is 2.60. The number of hydrogen-bond acceptors (Lipinski definition) is 3. The molecule has 0 saturated carbocycles. The van der Waals surface area contributed by atoms with Gasteiger partial charge in [-0.25, -0.2) is 0 Å². The Kier molecular flexibility index (Phi) is 3.94. The molecular formula is C13H14N2O2S. The molecule has 0 radical (unpaired) electrons. The molecule has 0 aliphatic rings. The normalized spacial score (nSPS) is 10.3. The van der Waals surface area contributed by atoms with Crippen molar-refractivity contribution in [1.82, 2.24) is 10.3 Å². The molecule has 0 aliphatic carbocycles. The summed E-state index contributed by atoms with van der Waals surface area (Å²) in [7, 11) is 0. The van der Waals surface area contributed by atoms with E-state index in [9.17, 15) is 9.59 Å². The first kappa shape index (κ1) is 12.6. The summed E-state index contributed by atoms with van der Waals surface area (Å²) < 4.78 is 0. The molecule has 0 fully saturated rings. The SMILES string of the molecule is CCc1ccsc1CNC(=O)c1cc[nH]c(=O)c1. The third-order valence-electron chi connectivity index (χ3n) is 2.67. The van der Waals surface area contributed by atoms with Gasteiger partial charge in [-0.15, -0.1) is 11.3 Å². The predicted molar refractivity (Wildman–Crippen MR) is 71.9 cm³/mol. The first-order chi connectivity index (χ1) is 8.70. The number of aryl methyl sites for hydroxylation is 1. The average molecular weight is 262 g/mol. The summed E-state index contributed by atoms with van der Waals surface area (Å²) in [4.78, 5) is 26.6. The lowest BCUT2D eigenvalue weighted by Gasteiger charge is -2.05. The Morgan fingerprint density at radius 2 is 2.28 bits per heavy atom. The predicted octanol–water partition coefficient (Wildman–Crippen LogP) is 1.93. The molecule has 5 heteroatoms. The molecule has 2 rings (SSSR count). The number of carbonyl (C=O) groups is 1. The van der Waals surface area contributed by atoms with E-state index in [0.717, 1.165) is 11.3 Å². The summed E-state index contributed by atoms with van der Waals surface area (Å²) in [6, 6.07) is 4.95. The van der Waals surface area contributed by atoms with Crippen molar-refractivity contribution in [2.24, 2.45) is 0 Å². The second kappa shape index (κ2) is 5.64. The van der Waals surface area contributed by atoms with E-state index >= 15 is 0 Å². The topological polar surface area (TPSA) is 62.0 Å². The van der Waals surface area contributed by atoms with Gasteiger partial charge in [0.25, 0.3) is 5.91 Å². The highest BCUT2D eigenvalue weighted by molar-refractivity contribution is 7.10. The standard InChI is InChI=1S/C13H14N2O2S/c1-2-9-4-6-18-11(9)8-15-13(17)10-3-5-14-12(16)7-10/h3-7H,2,8H2,1H3,(H,14,16)(H,15,17). The van der Waals surface area contributed by atoms with Crippen LogP contribution in [0, 0.1) is 0 Å². The summed E-state index contributed by atoms with van der Waals surface area (Å²) in [5, 5.41) is 4.84. The van der Waals surface area contributed by atoms with Crippen LogP contribution >= 0.6 is 11.3 Å². The molecule has 0 saturated heterocycles. The minimum atomic E-state index is -0.270. The second-order valence-corrected chi connectivity index (χ2v) is 4.85. The number of amides is 1. The van der Waals surface area contributed by atoms with Crippen LogP contribution in [0.1, 0.15) is 27.7 Å². The Balaban J connectivity index is 2.03. The molecule has 2 heterocycles. The number of aromatic nitrogens is 1. The van der Waals surface area contributed by atoms with Crippen molar-refractivity contribution in [3.63, 3.8) is 0 Å². The van der Waals surface area contributed by atoms with E-state index in [1.807, 2.05) is 5.38 Å². The lowest BCUT2D eigenvalue weighted by molar-refractivity contribution is 0.0951. The van der Waals surface area contributed by atoms with E-state index in [2.05, 4.69) is 23.3 Å². The first-order valence-corrected chi connectivity index (χ1v) is 6.61. The van der Waals surface area contributed by atoms with Crippen molar-refractivity contribution in [3.05, 3.63) is 56.1 Å². The van der Waals surface area contributed by atoms with Crippen LogP contribution in [0.5, 0.6) is 0 Å². The van der Waals surface area contributed by atoms with Crippen molar-refractivity contribution in [2.75, 3.05) is 0 Å². The Bertz CT molecular complexity index is 601. The molecule has 2 aromatic heterocycles. The first-order valence-electron chi connectivity index (χ1n) is 5.73. The van der Waals surface area contributed by atoms with Gasteiger partial charge in [-0.2, -0.15) is 0 Å². The van der Waals surface area contributed by atoms with Gasteiger partial charge < -0.3 is 10.3 Å². The lowest BCUT2D eigenvalue weighted by Crippen LogP contribution is -2.24. The van der Waals surface area contributed by atoms with Crippen LogP contribution in [-0.2, 0) is 13.0 Å². The Hall–Kier alpha value is -1.88. The number of hydrogen-bond donors (Lipinski definition) is 2.